The molecule has 0 saturated carbocycles. The molecule has 0 aromatic rings. The van der Waals surface area contributed by atoms with Crippen LogP contribution in [0.2, 0.25) is 42.8 Å². The number of nitrogens with zero attached hydrogens (tertiary/aromatic N) is 1. The lowest BCUT2D eigenvalue weighted by Crippen LogP contribution is -2.61. The Morgan fingerprint density at radius 1 is 1.00 bits per heavy atom. The molecule has 1 aliphatic carbocycles. The Morgan fingerprint density at radius 2 is 1.43 bits per heavy atom. The van der Waals surface area contributed by atoms with Gasteiger partial charge in [-0.15, -0.1) is 11.8 Å². The molecule has 23 heavy (non-hydrogen) atoms. The number of thioether (sulfide) groups is 1. The molecule has 0 fully saturated rings. The maximum atomic E-state index is 2.67. The van der Waals surface area contributed by atoms with Gasteiger partial charge < -0.3 is 0 Å². The predicted octanol–water partition coefficient (Wildman–Crippen LogP) is 6.26. The van der Waals surface area contributed by atoms with Crippen LogP contribution >= 0.6 is 11.8 Å². The Labute approximate surface area is 152 Å². The Morgan fingerprint density at radius 3 is 1.70 bits per heavy atom. The van der Waals surface area contributed by atoms with Crippen molar-refractivity contribution in [1.82, 2.24) is 0 Å². The molecule has 0 aliphatic heterocycles. The summed E-state index contributed by atoms with van der Waals surface area (Å²) in [4.78, 5) is 1.73. The van der Waals surface area contributed by atoms with Crippen molar-refractivity contribution in [3.8, 4) is 0 Å². The van der Waals surface area contributed by atoms with Gasteiger partial charge in [0.2, 0.25) is 0 Å². The van der Waals surface area contributed by atoms with Crippen LogP contribution in [0.4, 0.5) is 0 Å². The molecule has 0 heterocycles. The summed E-state index contributed by atoms with van der Waals surface area (Å²) in [7, 11) is -2.88. The zero-order valence-corrected chi connectivity index (χ0v) is 20.6. The van der Waals surface area contributed by atoms with Crippen molar-refractivity contribution in [3.05, 3.63) is 10.1 Å². The van der Waals surface area contributed by atoms with E-state index in [-0.39, 0.29) is 0 Å². The van der Waals surface area contributed by atoms with Crippen LogP contribution in [-0.2, 0) is 0 Å². The third-order valence-electron chi connectivity index (χ3n) is 6.68. The second-order valence-corrected chi connectivity index (χ2v) is 21.2. The van der Waals surface area contributed by atoms with Crippen molar-refractivity contribution in [2.45, 2.75) is 84.4 Å². The van der Waals surface area contributed by atoms with E-state index in [9.17, 15) is 0 Å². The summed E-state index contributed by atoms with van der Waals surface area (Å²) < 4.78 is 2.67. The highest BCUT2D eigenvalue weighted by molar-refractivity contribution is 8.03. The first-order valence-corrected chi connectivity index (χ1v) is 16.9. The highest BCUT2D eigenvalue weighted by atomic mass is 32.2. The van der Waals surface area contributed by atoms with Crippen molar-refractivity contribution < 1.29 is 4.58 Å². The second kappa shape index (κ2) is 6.49. The average molecular weight is 371 g/mol. The molecular formula is C19H40NSSi2+. The fraction of sp³-hybridized carbons (Fsp3) is 0.842. The fourth-order valence-corrected chi connectivity index (χ4v) is 11.3. The van der Waals surface area contributed by atoms with E-state index in [1.54, 1.807) is 15.8 Å². The van der Waals surface area contributed by atoms with Gasteiger partial charge in [-0.1, -0.05) is 53.5 Å². The van der Waals surface area contributed by atoms with Crippen LogP contribution in [0.25, 0.3) is 0 Å². The molecule has 0 spiro atoms. The van der Waals surface area contributed by atoms with Crippen LogP contribution in [0.1, 0.15) is 41.5 Å². The maximum Gasteiger partial charge on any atom is 0.184 e. The standard InChI is InChI=1S/C19H40NSSi2/c1-13-20(14-2)16-15(23(11,12)18(3,4)5)17(21-7)19(16,6)22(8,9)10/h13-14H2,1-12H3/q+1. The van der Waals surface area contributed by atoms with E-state index in [2.05, 4.69) is 85.1 Å². The number of hydrogen-bond acceptors (Lipinski definition) is 1. The molecular weight excluding hydrogens is 330 g/mol. The second-order valence-electron chi connectivity index (χ2n) is 9.68. The first-order chi connectivity index (χ1) is 10.2. The van der Waals surface area contributed by atoms with E-state index >= 15 is 0 Å². The number of rotatable bonds is 5. The Kier molecular flexibility index (Phi) is 5.99. The van der Waals surface area contributed by atoms with E-state index in [1.165, 1.54) is 0 Å². The summed E-state index contributed by atoms with van der Waals surface area (Å²) >= 11 is 2.04. The fourth-order valence-electron chi connectivity index (χ4n) is 3.62. The zero-order valence-electron chi connectivity index (χ0n) is 17.8. The van der Waals surface area contributed by atoms with Gasteiger partial charge in [0, 0.05) is 10.1 Å². The van der Waals surface area contributed by atoms with Crippen molar-refractivity contribution in [2.24, 2.45) is 0 Å². The summed E-state index contributed by atoms with van der Waals surface area (Å²) in [5, 5.41) is 2.50. The smallest absolute Gasteiger partial charge is 0.184 e. The zero-order chi connectivity index (χ0) is 18.4. The van der Waals surface area contributed by atoms with Gasteiger partial charge in [0.1, 0.15) is 13.1 Å². The van der Waals surface area contributed by atoms with Crippen molar-refractivity contribution in [3.63, 3.8) is 0 Å². The molecule has 0 N–H and O–H groups in total. The van der Waals surface area contributed by atoms with Crippen LogP contribution in [0.3, 0.4) is 0 Å². The molecule has 1 atom stereocenters. The van der Waals surface area contributed by atoms with E-state index in [0.717, 1.165) is 13.1 Å². The average Bonchev–Trinajstić information content (AvgIpc) is 2.38. The molecule has 0 aromatic carbocycles. The normalized spacial score (nSPS) is 23.2. The molecule has 1 rings (SSSR count). The first-order valence-electron chi connectivity index (χ1n) is 9.13. The molecule has 1 nitrogen and oxygen atoms in total. The molecule has 0 aromatic heterocycles. The van der Waals surface area contributed by atoms with Crippen molar-refractivity contribution in [2.75, 3.05) is 19.3 Å². The van der Waals surface area contributed by atoms with Gasteiger partial charge in [-0.05, 0) is 32.1 Å². The van der Waals surface area contributed by atoms with E-state index in [0.29, 0.717) is 10.1 Å². The minimum absolute atomic E-state index is 0.323. The van der Waals surface area contributed by atoms with Crippen LogP contribution in [0.5, 0.6) is 0 Å². The predicted molar refractivity (Wildman–Crippen MR) is 116 cm³/mol. The lowest BCUT2D eigenvalue weighted by Gasteiger charge is -2.55. The van der Waals surface area contributed by atoms with Gasteiger partial charge in [0.05, 0.1) is 21.2 Å². The Hall–Kier alpha value is 0.194. The lowest BCUT2D eigenvalue weighted by atomic mass is 9.90. The van der Waals surface area contributed by atoms with Gasteiger partial charge >= 0.3 is 0 Å². The topological polar surface area (TPSA) is 3.01 Å². The summed E-state index contributed by atoms with van der Waals surface area (Å²) in [5.74, 6) is 0. The van der Waals surface area contributed by atoms with E-state index in [4.69, 9.17) is 0 Å². The molecule has 0 amide bonds. The summed E-state index contributed by atoms with van der Waals surface area (Å²) in [6.07, 6.45) is 2.31. The molecule has 0 bridgehead atoms. The molecule has 0 saturated heterocycles. The van der Waals surface area contributed by atoms with Crippen LogP contribution in [0.15, 0.2) is 10.1 Å². The van der Waals surface area contributed by atoms with Gasteiger partial charge in [-0.2, -0.15) is 0 Å². The van der Waals surface area contributed by atoms with E-state index < -0.39 is 16.1 Å². The summed E-state index contributed by atoms with van der Waals surface area (Å²) in [6, 6.07) is 0. The van der Waals surface area contributed by atoms with Crippen molar-refractivity contribution >= 4 is 33.6 Å². The van der Waals surface area contributed by atoms with Crippen molar-refractivity contribution in [1.29, 1.82) is 0 Å². The Balaban J connectivity index is 3.84. The van der Waals surface area contributed by atoms with Crippen LogP contribution in [0, 0.1) is 0 Å². The Bertz CT molecular complexity index is 527. The number of allylic oxidation sites excluding steroid dienone is 2. The molecule has 1 unspecified atom stereocenters. The van der Waals surface area contributed by atoms with Gasteiger partial charge in [0.15, 0.2) is 5.71 Å². The van der Waals surface area contributed by atoms with Gasteiger partial charge in [0.25, 0.3) is 0 Å². The van der Waals surface area contributed by atoms with Gasteiger partial charge in [-0.25, -0.2) is 4.58 Å². The molecule has 0 radical (unpaired) electrons. The third-order valence-corrected chi connectivity index (χ3v) is 17.0. The largest absolute Gasteiger partial charge is 0.234 e. The highest BCUT2D eigenvalue weighted by Crippen LogP contribution is 2.64. The quantitative estimate of drug-likeness (QED) is 0.408. The minimum Gasteiger partial charge on any atom is -0.234 e. The van der Waals surface area contributed by atoms with E-state index in [1.807, 2.05) is 11.8 Å². The van der Waals surface area contributed by atoms with Crippen LogP contribution in [-0.4, -0.2) is 45.8 Å². The SMILES string of the molecule is CC[N+](CC)=C1C([Si](C)(C)C(C)(C)C)=C(SC)C1(C)[Si](C)(C)C. The monoisotopic (exact) mass is 370 g/mol. The number of hydrogen-bond donors (Lipinski definition) is 0. The lowest BCUT2D eigenvalue weighted by molar-refractivity contribution is -0.522. The van der Waals surface area contributed by atoms with Crippen LogP contribution < -0.4 is 0 Å². The highest BCUT2D eigenvalue weighted by Gasteiger charge is 2.64. The minimum atomic E-state index is -1.53. The third kappa shape index (κ3) is 3.08. The first kappa shape index (κ1) is 21.2. The summed E-state index contributed by atoms with van der Waals surface area (Å²) in [6.45, 7) is 29.6. The molecule has 1 aliphatic rings. The van der Waals surface area contributed by atoms with Gasteiger partial charge in [-0.3, -0.25) is 0 Å². The molecule has 4 heteroatoms. The molecule has 134 valence electrons. The maximum absolute atomic E-state index is 2.67. The summed E-state index contributed by atoms with van der Waals surface area (Å²) in [5.41, 5.74) is 1.72.